The van der Waals surface area contributed by atoms with Crippen LogP contribution in [-0.4, -0.2) is 29.1 Å². The van der Waals surface area contributed by atoms with Gasteiger partial charge in [0.15, 0.2) is 0 Å². The van der Waals surface area contributed by atoms with Crippen LogP contribution in [-0.2, 0) is 6.54 Å². The summed E-state index contributed by atoms with van der Waals surface area (Å²) < 4.78 is 1.27. The Morgan fingerprint density at radius 1 is 1.42 bits per heavy atom. The molecule has 1 aliphatic heterocycles. The van der Waals surface area contributed by atoms with Crippen LogP contribution in [0.15, 0.2) is 15.9 Å². The van der Waals surface area contributed by atoms with Crippen LogP contribution in [0.1, 0.15) is 38.5 Å². The number of nitrogens with one attached hydrogen (secondary N) is 1. The Morgan fingerprint density at radius 3 is 2.74 bits per heavy atom. The molecule has 1 saturated heterocycles. The average Bonchev–Trinajstić information content (AvgIpc) is 3.11. The lowest BCUT2D eigenvalue weighted by atomic mass is 9.86. The highest BCUT2D eigenvalue weighted by Gasteiger charge is 2.49. The molecule has 4 heteroatoms. The number of hydrogen-bond acceptors (Lipinski definition) is 3. The Hall–Kier alpha value is 0.1000. The molecule has 2 heterocycles. The fourth-order valence-electron chi connectivity index (χ4n) is 3.20. The van der Waals surface area contributed by atoms with E-state index in [0.717, 1.165) is 25.6 Å². The third-order valence-corrected chi connectivity index (χ3v) is 6.63. The number of rotatable bonds is 3. The third-order valence-electron chi connectivity index (χ3n) is 4.72. The molecule has 1 saturated carbocycles. The second-order valence-corrected chi connectivity index (χ2v) is 8.77. The number of halogens is 1. The molecule has 3 rings (SSSR count). The molecule has 0 amide bonds. The van der Waals surface area contributed by atoms with E-state index in [2.05, 4.69) is 58.4 Å². The summed E-state index contributed by atoms with van der Waals surface area (Å²) in [5, 5.41) is 5.93. The van der Waals surface area contributed by atoms with Crippen LogP contribution < -0.4 is 5.32 Å². The first-order valence-corrected chi connectivity index (χ1v) is 8.80. The van der Waals surface area contributed by atoms with Crippen molar-refractivity contribution in [1.29, 1.82) is 0 Å². The first kappa shape index (κ1) is 14.1. The summed E-state index contributed by atoms with van der Waals surface area (Å²) in [7, 11) is 0. The number of piperazine rings is 1. The van der Waals surface area contributed by atoms with Crippen LogP contribution in [0.4, 0.5) is 0 Å². The van der Waals surface area contributed by atoms with Crippen molar-refractivity contribution in [3.05, 3.63) is 20.8 Å². The predicted molar refractivity (Wildman–Crippen MR) is 85.6 cm³/mol. The van der Waals surface area contributed by atoms with E-state index in [0.29, 0.717) is 5.54 Å². The summed E-state index contributed by atoms with van der Waals surface area (Å²) in [4.78, 5) is 4.18. The van der Waals surface area contributed by atoms with Crippen molar-refractivity contribution in [2.24, 2.45) is 5.92 Å². The van der Waals surface area contributed by atoms with E-state index in [1.165, 1.54) is 22.2 Å². The molecule has 2 aliphatic rings. The molecule has 1 atom stereocenters. The molecule has 1 aromatic heterocycles. The Bertz CT molecular complexity index is 466. The molecular formula is C15H23BrN2S. The molecule has 0 spiro atoms. The van der Waals surface area contributed by atoms with Gasteiger partial charge in [0.25, 0.3) is 0 Å². The maximum Gasteiger partial charge on any atom is 0.0346 e. The molecule has 1 aromatic rings. The zero-order valence-electron chi connectivity index (χ0n) is 12.0. The van der Waals surface area contributed by atoms with Crippen molar-refractivity contribution in [2.45, 2.75) is 51.2 Å². The van der Waals surface area contributed by atoms with Gasteiger partial charge < -0.3 is 5.32 Å². The maximum absolute atomic E-state index is 3.74. The third kappa shape index (κ3) is 2.78. The Balaban J connectivity index is 1.83. The molecule has 1 aliphatic carbocycles. The van der Waals surface area contributed by atoms with Gasteiger partial charge in [0.1, 0.15) is 0 Å². The molecule has 0 aromatic carbocycles. The normalized spacial score (nSPS) is 31.6. The molecule has 106 valence electrons. The van der Waals surface area contributed by atoms with Gasteiger partial charge in [0.2, 0.25) is 0 Å². The number of thiophene rings is 1. The zero-order chi connectivity index (χ0) is 13.7. The van der Waals surface area contributed by atoms with Gasteiger partial charge in [-0.05, 0) is 66.9 Å². The lowest BCUT2D eigenvalue weighted by Crippen LogP contribution is -2.67. The fraction of sp³-hybridized carbons (Fsp3) is 0.733. The van der Waals surface area contributed by atoms with E-state index < -0.39 is 0 Å². The molecule has 0 bridgehead atoms. The van der Waals surface area contributed by atoms with Gasteiger partial charge in [0, 0.05) is 40.1 Å². The smallest absolute Gasteiger partial charge is 0.0346 e. The monoisotopic (exact) mass is 342 g/mol. The lowest BCUT2D eigenvalue weighted by Gasteiger charge is -2.51. The van der Waals surface area contributed by atoms with E-state index >= 15 is 0 Å². The Kier molecular flexibility index (Phi) is 3.57. The van der Waals surface area contributed by atoms with Crippen LogP contribution in [0.25, 0.3) is 0 Å². The predicted octanol–water partition coefficient (Wildman–Crippen LogP) is 3.86. The highest BCUT2D eigenvalue weighted by atomic mass is 79.9. The molecule has 2 fully saturated rings. The minimum Gasteiger partial charge on any atom is -0.309 e. The largest absolute Gasteiger partial charge is 0.309 e. The van der Waals surface area contributed by atoms with Crippen molar-refractivity contribution in [3.63, 3.8) is 0 Å². The van der Waals surface area contributed by atoms with Crippen molar-refractivity contribution in [3.8, 4) is 0 Å². The van der Waals surface area contributed by atoms with E-state index in [9.17, 15) is 0 Å². The maximum atomic E-state index is 3.74. The molecule has 1 N–H and O–H groups in total. The van der Waals surface area contributed by atoms with Crippen LogP contribution in [0.2, 0.25) is 0 Å². The molecule has 19 heavy (non-hydrogen) atoms. The summed E-state index contributed by atoms with van der Waals surface area (Å²) in [6, 6.07) is 2.17. The van der Waals surface area contributed by atoms with Crippen LogP contribution in [0.3, 0.4) is 0 Å². The van der Waals surface area contributed by atoms with Crippen molar-refractivity contribution in [2.75, 3.05) is 13.1 Å². The van der Waals surface area contributed by atoms with Gasteiger partial charge in [-0.25, -0.2) is 0 Å². The summed E-state index contributed by atoms with van der Waals surface area (Å²) in [6.07, 6.45) is 2.81. The van der Waals surface area contributed by atoms with Gasteiger partial charge in [-0.3, -0.25) is 4.90 Å². The topological polar surface area (TPSA) is 15.3 Å². The second kappa shape index (κ2) is 4.83. The summed E-state index contributed by atoms with van der Waals surface area (Å²) in [6.45, 7) is 10.4. The highest BCUT2D eigenvalue weighted by molar-refractivity contribution is 9.10. The van der Waals surface area contributed by atoms with Crippen molar-refractivity contribution >= 4 is 27.3 Å². The summed E-state index contributed by atoms with van der Waals surface area (Å²) in [5.74, 6) is 0.884. The van der Waals surface area contributed by atoms with E-state index in [1.54, 1.807) is 0 Å². The van der Waals surface area contributed by atoms with Gasteiger partial charge in [-0.2, -0.15) is 0 Å². The number of nitrogens with zero attached hydrogens (tertiary/aromatic N) is 1. The van der Waals surface area contributed by atoms with Crippen LogP contribution in [0, 0.1) is 5.92 Å². The van der Waals surface area contributed by atoms with Gasteiger partial charge >= 0.3 is 0 Å². The minimum absolute atomic E-state index is 0.220. The minimum atomic E-state index is 0.220. The summed E-state index contributed by atoms with van der Waals surface area (Å²) >= 11 is 5.55. The average molecular weight is 343 g/mol. The quantitative estimate of drug-likeness (QED) is 0.896. The second-order valence-electron chi connectivity index (χ2n) is 6.92. The van der Waals surface area contributed by atoms with Crippen LogP contribution >= 0.6 is 27.3 Å². The molecule has 2 nitrogen and oxygen atoms in total. The molecule has 1 unspecified atom stereocenters. The van der Waals surface area contributed by atoms with Crippen LogP contribution in [0.5, 0.6) is 0 Å². The number of hydrogen-bond donors (Lipinski definition) is 1. The molecular weight excluding hydrogens is 320 g/mol. The van der Waals surface area contributed by atoms with Gasteiger partial charge in [-0.15, -0.1) is 11.3 Å². The summed E-state index contributed by atoms with van der Waals surface area (Å²) in [5.41, 5.74) is 0.553. The first-order valence-electron chi connectivity index (χ1n) is 7.13. The lowest BCUT2D eigenvalue weighted by molar-refractivity contribution is 0.00582. The standard InChI is InChI=1S/C15H23BrN2S/c1-14(2)10-18(8-13-12(16)6-7-19-13)15(3,9-17-14)11-4-5-11/h6-7,11,17H,4-5,8-10H2,1-3H3. The highest BCUT2D eigenvalue weighted by Crippen LogP contribution is 2.45. The van der Waals surface area contributed by atoms with Crippen molar-refractivity contribution in [1.82, 2.24) is 10.2 Å². The van der Waals surface area contributed by atoms with Crippen molar-refractivity contribution < 1.29 is 0 Å². The van der Waals surface area contributed by atoms with E-state index in [4.69, 9.17) is 0 Å². The molecule has 0 radical (unpaired) electrons. The fourth-order valence-corrected chi connectivity index (χ4v) is 4.69. The first-order chi connectivity index (χ1) is 8.91. The Labute approximate surface area is 128 Å². The Morgan fingerprint density at radius 2 is 2.16 bits per heavy atom. The van der Waals surface area contributed by atoms with E-state index in [-0.39, 0.29) is 5.54 Å². The SMILES string of the molecule is CC1(C)CN(Cc2sccc2Br)C(C)(C2CC2)CN1. The van der Waals surface area contributed by atoms with Gasteiger partial charge in [-0.1, -0.05) is 0 Å². The zero-order valence-corrected chi connectivity index (χ0v) is 14.4. The van der Waals surface area contributed by atoms with Gasteiger partial charge in [0.05, 0.1) is 0 Å². The van der Waals surface area contributed by atoms with E-state index in [1.807, 2.05) is 11.3 Å².